The van der Waals surface area contributed by atoms with Crippen LogP contribution in [-0.2, 0) is 0 Å². The van der Waals surface area contributed by atoms with Gasteiger partial charge >= 0.3 is 0 Å². The summed E-state index contributed by atoms with van der Waals surface area (Å²) in [6.07, 6.45) is 10.2. The van der Waals surface area contributed by atoms with Gasteiger partial charge in [0.25, 0.3) is 0 Å². The van der Waals surface area contributed by atoms with Crippen LogP contribution in [0.3, 0.4) is 0 Å². The van der Waals surface area contributed by atoms with Gasteiger partial charge in [-0.25, -0.2) is 0 Å². The van der Waals surface area contributed by atoms with E-state index in [1.54, 1.807) is 0 Å². The van der Waals surface area contributed by atoms with Gasteiger partial charge in [-0.2, -0.15) is 0 Å². The molecule has 1 saturated carbocycles. The van der Waals surface area contributed by atoms with Crippen molar-refractivity contribution in [3.63, 3.8) is 0 Å². The molecule has 1 aliphatic carbocycles. The van der Waals surface area contributed by atoms with Crippen molar-refractivity contribution in [2.24, 2.45) is 11.3 Å². The van der Waals surface area contributed by atoms with Gasteiger partial charge in [0.05, 0.1) is 0 Å². The van der Waals surface area contributed by atoms with Crippen LogP contribution in [0.1, 0.15) is 72.6 Å². The second-order valence-corrected chi connectivity index (χ2v) is 8.97. The number of likely N-dealkylation sites (tertiary alicyclic amines) is 2. The Kier molecular flexibility index (Phi) is 4.40. The average Bonchev–Trinajstić information content (AvgIpc) is 2.45. The molecule has 2 aliphatic heterocycles. The normalized spacial score (nSPS) is 36.1. The second-order valence-electron chi connectivity index (χ2n) is 8.97. The summed E-state index contributed by atoms with van der Waals surface area (Å²) in [5.41, 5.74) is 1.12. The monoisotopic (exact) mass is 292 g/mol. The Morgan fingerprint density at radius 2 is 1.62 bits per heavy atom. The van der Waals surface area contributed by atoms with E-state index in [0.717, 1.165) is 12.0 Å². The summed E-state index contributed by atoms with van der Waals surface area (Å²) in [4.78, 5) is 5.53. The van der Waals surface area contributed by atoms with Gasteiger partial charge in [-0.1, -0.05) is 6.42 Å². The summed E-state index contributed by atoms with van der Waals surface area (Å²) in [5, 5.41) is 0. The highest BCUT2D eigenvalue weighted by Crippen LogP contribution is 2.56. The number of hydrogen-bond acceptors (Lipinski definition) is 2. The summed E-state index contributed by atoms with van der Waals surface area (Å²) < 4.78 is 0. The fourth-order valence-corrected chi connectivity index (χ4v) is 5.23. The molecule has 2 heteroatoms. The average molecular weight is 293 g/mol. The van der Waals surface area contributed by atoms with Crippen LogP contribution < -0.4 is 0 Å². The van der Waals surface area contributed by atoms with Gasteiger partial charge in [0.2, 0.25) is 0 Å². The van der Waals surface area contributed by atoms with Crippen LogP contribution >= 0.6 is 0 Å². The molecule has 0 N–H and O–H groups in total. The van der Waals surface area contributed by atoms with Gasteiger partial charge in [0.1, 0.15) is 0 Å². The Hall–Kier alpha value is -0.0800. The maximum atomic E-state index is 2.80. The highest BCUT2D eigenvalue weighted by atomic mass is 15.2. The van der Waals surface area contributed by atoms with Crippen molar-refractivity contribution in [2.45, 2.75) is 84.2 Å². The predicted molar refractivity (Wildman–Crippen MR) is 90.6 cm³/mol. The highest BCUT2D eigenvalue weighted by Gasteiger charge is 2.52. The van der Waals surface area contributed by atoms with Crippen molar-refractivity contribution in [3.05, 3.63) is 0 Å². The number of nitrogens with zero attached hydrogens (tertiary/aromatic N) is 2. The molecule has 21 heavy (non-hydrogen) atoms. The van der Waals surface area contributed by atoms with E-state index in [-0.39, 0.29) is 0 Å². The maximum absolute atomic E-state index is 2.80. The summed E-state index contributed by atoms with van der Waals surface area (Å²) in [6.45, 7) is 15.2. The minimum absolute atomic E-state index is 0.436. The Bertz CT molecular complexity index is 349. The van der Waals surface area contributed by atoms with E-state index in [1.807, 2.05) is 0 Å². The zero-order valence-electron chi connectivity index (χ0n) is 14.8. The minimum Gasteiger partial charge on any atom is -0.300 e. The first-order chi connectivity index (χ1) is 9.93. The maximum Gasteiger partial charge on any atom is 0.0181 e. The summed E-state index contributed by atoms with van der Waals surface area (Å²) in [6, 6.07) is 0.733. The molecule has 1 spiro atoms. The number of rotatable bonds is 3. The minimum atomic E-state index is 0.436. The SMILES string of the molecule is CC(C)N1CCCC2(CC(C(C)(C)N3CCCCC3)C2)C1. The molecule has 0 radical (unpaired) electrons. The lowest BCUT2D eigenvalue weighted by Crippen LogP contribution is -2.61. The van der Waals surface area contributed by atoms with Crippen LogP contribution in [0, 0.1) is 11.3 Å². The van der Waals surface area contributed by atoms with Gasteiger partial charge < -0.3 is 4.90 Å². The Balaban J connectivity index is 1.58. The van der Waals surface area contributed by atoms with Crippen LogP contribution in [0.2, 0.25) is 0 Å². The van der Waals surface area contributed by atoms with Gasteiger partial charge in [0.15, 0.2) is 0 Å². The van der Waals surface area contributed by atoms with Crippen molar-refractivity contribution in [2.75, 3.05) is 26.2 Å². The van der Waals surface area contributed by atoms with E-state index < -0.39 is 0 Å². The van der Waals surface area contributed by atoms with Gasteiger partial charge in [-0.3, -0.25) is 4.90 Å². The first kappa shape index (κ1) is 15.8. The molecule has 3 rings (SSSR count). The molecule has 0 bridgehead atoms. The highest BCUT2D eigenvalue weighted by molar-refractivity contribution is 5.06. The zero-order chi connectivity index (χ0) is 15.1. The molecule has 0 atom stereocenters. The fourth-order valence-electron chi connectivity index (χ4n) is 5.23. The predicted octanol–water partition coefficient (Wildman–Crippen LogP) is 4.15. The molecule has 3 fully saturated rings. The summed E-state index contributed by atoms with van der Waals surface area (Å²) in [7, 11) is 0. The van der Waals surface area contributed by atoms with E-state index >= 15 is 0 Å². The van der Waals surface area contributed by atoms with Crippen molar-refractivity contribution in [1.82, 2.24) is 9.80 Å². The Morgan fingerprint density at radius 3 is 2.24 bits per heavy atom. The zero-order valence-corrected chi connectivity index (χ0v) is 14.8. The third-order valence-corrected chi connectivity index (χ3v) is 6.95. The molecular weight excluding hydrogens is 256 g/mol. The second kappa shape index (κ2) is 5.85. The first-order valence-electron chi connectivity index (χ1n) is 9.42. The molecule has 122 valence electrons. The lowest BCUT2D eigenvalue weighted by molar-refractivity contribution is -0.0949. The van der Waals surface area contributed by atoms with Gasteiger partial charge in [-0.05, 0) is 97.2 Å². The fraction of sp³-hybridized carbons (Fsp3) is 1.00. The van der Waals surface area contributed by atoms with Crippen molar-refractivity contribution in [3.8, 4) is 0 Å². The van der Waals surface area contributed by atoms with Gasteiger partial charge in [-0.15, -0.1) is 0 Å². The topological polar surface area (TPSA) is 6.48 Å². The van der Waals surface area contributed by atoms with Crippen molar-refractivity contribution >= 4 is 0 Å². The Morgan fingerprint density at radius 1 is 0.952 bits per heavy atom. The molecule has 0 amide bonds. The molecule has 0 aromatic rings. The molecule has 0 aromatic heterocycles. The Labute approximate surface area is 132 Å². The standard InChI is InChI=1S/C19H36N2/c1-16(2)20-10-8-9-19(15-20)13-17(14-19)18(3,4)21-11-6-5-7-12-21/h16-17H,5-15H2,1-4H3. The van der Waals surface area contributed by atoms with Crippen LogP contribution in [0.15, 0.2) is 0 Å². The van der Waals surface area contributed by atoms with E-state index in [0.29, 0.717) is 11.0 Å². The van der Waals surface area contributed by atoms with E-state index in [2.05, 4.69) is 37.5 Å². The lowest BCUT2D eigenvalue weighted by atomic mass is 9.53. The molecular formula is C19H36N2. The van der Waals surface area contributed by atoms with Gasteiger partial charge in [0, 0.05) is 18.1 Å². The third kappa shape index (κ3) is 3.03. The molecule has 0 aromatic carbocycles. The lowest BCUT2D eigenvalue weighted by Gasteiger charge is -2.60. The molecule has 3 aliphatic rings. The molecule has 2 saturated heterocycles. The smallest absolute Gasteiger partial charge is 0.0181 e. The van der Waals surface area contributed by atoms with E-state index in [4.69, 9.17) is 0 Å². The quantitative estimate of drug-likeness (QED) is 0.771. The van der Waals surface area contributed by atoms with Crippen LogP contribution in [0.25, 0.3) is 0 Å². The van der Waals surface area contributed by atoms with E-state index in [9.17, 15) is 0 Å². The van der Waals surface area contributed by atoms with Crippen molar-refractivity contribution < 1.29 is 0 Å². The van der Waals surface area contributed by atoms with Crippen LogP contribution in [0.4, 0.5) is 0 Å². The van der Waals surface area contributed by atoms with Crippen LogP contribution in [-0.4, -0.2) is 47.6 Å². The summed E-state index contributed by atoms with van der Waals surface area (Å²) in [5.74, 6) is 0.933. The molecule has 2 heterocycles. The third-order valence-electron chi connectivity index (χ3n) is 6.95. The van der Waals surface area contributed by atoms with E-state index in [1.165, 1.54) is 71.1 Å². The molecule has 2 nitrogen and oxygen atoms in total. The van der Waals surface area contributed by atoms with Crippen molar-refractivity contribution in [1.29, 1.82) is 0 Å². The number of hydrogen-bond donors (Lipinski definition) is 0. The molecule has 0 unspecified atom stereocenters. The van der Waals surface area contributed by atoms with Crippen LogP contribution in [0.5, 0.6) is 0 Å². The summed E-state index contributed by atoms with van der Waals surface area (Å²) >= 11 is 0. The number of piperidine rings is 2. The largest absolute Gasteiger partial charge is 0.300 e. The first-order valence-corrected chi connectivity index (χ1v) is 9.42.